The minimum Gasteiger partial charge on any atom is -0.207 e. The first kappa shape index (κ1) is 17.7. The largest absolute Gasteiger partial charge is 0.207 e. The Morgan fingerprint density at radius 2 is 1.71 bits per heavy atom. The quantitative estimate of drug-likeness (QED) is 0.373. The van der Waals surface area contributed by atoms with Crippen molar-refractivity contribution in [3.05, 3.63) is 46.8 Å². The van der Waals surface area contributed by atoms with Crippen LogP contribution in [-0.2, 0) is 12.8 Å². The fourth-order valence-corrected chi connectivity index (χ4v) is 4.60. The molecule has 0 heterocycles. The molecule has 0 bridgehead atoms. The van der Waals surface area contributed by atoms with Crippen LogP contribution in [0, 0.1) is 17.7 Å². The summed E-state index contributed by atoms with van der Waals surface area (Å²) in [7, 11) is 0. The Balaban J connectivity index is 1.39. The highest BCUT2D eigenvalue weighted by atomic mass is 19.1. The Morgan fingerprint density at radius 3 is 2.46 bits per heavy atom. The molecule has 0 aromatic heterocycles. The van der Waals surface area contributed by atoms with Crippen LogP contribution in [0.4, 0.5) is 4.39 Å². The summed E-state index contributed by atoms with van der Waals surface area (Å²) in [5, 5.41) is 0. The summed E-state index contributed by atoms with van der Waals surface area (Å²) in [4.78, 5) is 0. The third-order valence-electron chi connectivity index (χ3n) is 6.25. The smallest absolute Gasteiger partial charge is 0.123 e. The maximum atomic E-state index is 13.4. The van der Waals surface area contributed by atoms with E-state index in [1.165, 1.54) is 80.9 Å². The van der Waals surface area contributed by atoms with Gasteiger partial charge in [0.15, 0.2) is 0 Å². The number of benzene rings is 1. The number of fused-ring (bicyclic) bond motifs is 1. The van der Waals surface area contributed by atoms with Gasteiger partial charge in [-0.1, -0.05) is 76.0 Å². The van der Waals surface area contributed by atoms with Crippen LogP contribution in [0.5, 0.6) is 0 Å². The normalized spacial score (nSPS) is 23.7. The molecule has 1 fully saturated rings. The predicted molar refractivity (Wildman–Crippen MR) is 101 cm³/mol. The van der Waals surface area contributed by atoms with E-state index in [1.807, 2.05) is 6.07 Å². The van der Waals surface area contributed by atoms with Gasteiger partial charge in [0, 0.05) is 0 Å². The molecule has 24 heavy (non-hydrogen) atoms. The molecule has 1 heteroatoms. The van der Waals surface area contributed by atoms with E-state index in [4.69, 9.17) is 0 Å². The molecular formula is C23H33F. The topological polar surface area (TPSA) is 0 Å². The van der Waals surface area contributed by atoms with Gasteiger partial charge in [0.25, 0.3) is 0 Å². The van der Waals surface area contributed by atoms with Crippen molar-refractivity contribution in [1.29, 1.82) is 0 Å². The molecule has 0 N–H and O–H groups in total. The maximum Gasteiger partial charge on any atom is 0.123 e. The van der Waals surface area contributed by atoms with E-state index >= 15 is 0 Å². The molecule has 2 aliphatic rings. The predicted octanol–water partition coefficient (Wildman–Crippen LogP) is 7.02. The summed E-state index contributed by atoms with van der Waals surface area (Å²) < 4.78 is 13.4. The van der Waals surface area contributed by atoms with Crippen LogP contribution in [0.25, 0.3) is 0 Å². The van der Waals surface area contributed by atoms with Gasteiger partial charge >= 0.3 is 0 Å². The molecule has 2 aliphatic carbocycles. The van der Waals surface area contributed by atoms with Crippen molar-refractivity contribution < 1.29 is 4.39 Å². The summed E-state index contributed by atoms with van der Waals surface area (Å²) in [5.74, 6) is 1.86. The minimum atomic E-state index is -0.0867. The Kier molecular flexibility index (Phi) is 6.51. The molecule has 0 amide bonds. The first-order valence-electron chi connectivity index (χ1n) is 10.2. The Morgan fingerprint density at radius 1 is 0.958 bits per heavy atom. The van der Waals surface area contributed by atoms with Crippen LogP contribution in [0.2, 0.25) is 0 Å². The van der Waals surface area contributed by atoms with Gasteiger partial charge in [-0.3, -0.25) is 0 Å². The van der Waals surface area contributed by atoms with Gasteiger partial charge in [0.2, 0.25) is 0 Å². The molecule has 0 aliphatic heterocycles. The lowest BCUT2D eigenvalue weighted by atomic mass is 9.77. The molecule has 1 saturated carbocycles. The fraction of sp³-hybridized carbons (Fsp3) is 0.652. The Hall–Kier alpha value is -1.11. The van der Waals surface area contributed by atoms with Gasteiger partial charge in [-0.2, -0.15) is 0 Å². The maximum absolute atomic E-state index is 13.4. The Labute approximate surface area is 147 Å². The van der Waals surface area contributed by atoms with E-state index in [-0.39, 0.29) is 5.82 Å². The second kappa shape index (κ2) is 8.83. The van der Waals surface area contributed by atoms with Crippen LogP contribution in [0.15, 0.2) is 29.8 Å². The molecule has 1 aromatic rings. The summed E-state index contributed by atoms with van der Waals surface area (Å²) in [6, 6.07) is 5.29. The zero-order valence-electron chi connectivity index (χ0n) is 15.3. The number of unbranched alkanes of at least 4 members (excludes halogenated alkanes) is 2. The van der Waals surface area contributed by atoms with Crippen LogP contribution in [0.3, 0.4) is 0 Å². The molecule has 0 radical (unpaired) electrons. The number of hydrogen-bond acceptors (Lipinski definition) is 0. The molecular weight excluding hydrogens is 295 g/mol. The second-order valence-corrected chi connectivity index (χ2v) is 8.08. The molecule has 1 aromatic carbocycles. The molecule has 0 saturated heterocycles. The van der Waals surface area contributed by atoms with Crippen molar-refractivity contribution in [2.45, 2.75) is 84.0 Å². The molecule has 0 nitrogen and oxygen atoms in total. The molecule has 132 valence electrons. The van der Waals surface area contributed by atoms with Crippen LogP contribution < -0.4 is 0 Å². The van der Waals surface area contributed by atoms with Gasteiger partial charge in [-0.05, 0) is 60.8 Å². The minimum absolute atomic E-state index is 0.0867. The number of halogens is 1. The lowest BCUT2D eigenvalue weighted by Crippen LogP contribution is -2.15. The van der Waals surface area contributed by atoms with E-state index in [2.05, 4.69) is 13.0 Å². The van der Waals surface area contributed by atoms with Gasteiger partial charge in [0.05, 0.1) is 0 Å². The summed E-state index contributed by atoms with van der Waals surface area (Å²) in [5.41, 5.74) is 4.07. The zero-order valence-corrected chi connectivity index (χ0v) is 15.3. The summed E-state index contributed by atoms with van der Waals surface area (Å²) in [6.07, 6.45) is 18.4. The molecule has 0 atom stereocenters. The van der Waals surface area contributed by atoms with E-state index in [0.717, 1.165) is 24.7 Å². The highest BCUT2D eigenvalue weighted by Crippen LogP contribution is 2.35. The van der Waals surface area contributed by atoms with Gasteiger partial charge in [0.1, 0.15) is 5.82 Å². The molecule has 0 spiro atoms. The van der Waals surface area contributed by atoms with Crippen LogP contribution in [-0.4, -0.2) is 0 Å². The van der Waals surface area contributed by atoms with Crippen molar-refractivity contribution in [1.82, 2.24) is 0 Å². The van der Waals surface area contributed by atoms with Crippen LogP contribution >= 0.6 is 0 Å². The van der Waals surface area contributed by atoms with E-state index in [9.17, 15) is 4.39 Å². The molecule has 3 rings (SSSR count). The van der Waals surface area contributed by atoms with Gasteiger partial charge in [-0.25, -0.2) is 4.39 Å². The van der Waals surface area contributed by atoms with Crippen molar-refractivity contribution >= 4 is 0 Å². The van der Waals surface area contributed by atoms with E-state index in [0.29, 0.717) is 0 Å². The first-order valence-corrected chi connectivity index (χ1v) is 10.2. The number of rotatable bonds is 7. The van der Waals surface area contributed by atoms with E-state index in [1.54, 1.807) is 12.1 Å². The zero-order chi connectivity index (χ0) is 16.8. The first-order chi connectivity index (χ1) is 11.7. The van der Waals surface area contributed by atoms with Gasteiger partial charge < -0.3 is 0 Å². The lowest BCUT2D eigenvalue weighted by Gasteiger charge is -2.29. The number of allylic oxidation sites excluding steroid dienone is 2. The highest BCUT2D eigenvalue weighted by molar-refractivity contribution is 5.37. The van der Waals surface area contributed by atoms with E-state index < -0.39 is 0 Å². The van der Waals surface area contributed by atoms with Crippen molar-refractivity contribution in [2.24, 2.45) is 11.8 Å². The second-order valence-electron chi connectivity index (χ2n) is 8.08. The summed E-state index contributed by atoms with van der Waals surface area (Å²) >= 11 is 0. The molecule has 0 unspecified atom stereocenters. The van der Waals surface area contributed by atoms with Crippen molar-refractivity contribution in [2.75, 3.05) is 0 Å². The fourth-order valence-electron chi connectivity index (χ4n) is 4.60. The SMILES string of the molecule is CCCCCC1CCC(CCC2=CCc3ccc(F)cc3C2)CC1. The average Bonchev–Trinajstić information content (AvgIpc) is 2.61. The van der Waals surface area contributed by atoms with Crippen molar-refractivity contribution in [3.8, 4) is 0 Å². The highest BCUT2D eigenvalue weighted by Gasteiger charge is 2.21. The lowest BCUT2D eigenvalue weighted by molar-refractivity contribution is 0.249. The number of hydrogen-bond donors (Lipinski definition) is 0. The van der Waals surface area contributed by atoms with Crippen LogP contribution in [0.1, 0.15) is 82.3 Å². The monoisotopic (exact) mass is 328 g/mol. The third kappa shape index (κ3) is 4.94. The third-order valence-corrected chi connectivity index (χ3v) is 6.25. The standard InChI is InChI=1S/C23H33F/c1-2-3-4-5-18-6-8-19(9-7-18)10-11-20-12-13-21-14-15-23(24)17-22(21)16-20/h12,14-15,17-19H,2-11,13,16H2,1H3. The van der Waals surface area contributed by atoms with Crippen molar-refractivity contribution in [3.63, 3.8) is 0 Å². The summed E-state index contributed by atoms with van der Waals surface area (Å²) in [6.45, 7) is 2.30. The Bertz CT molecular complexity index is 549. The average molecular weight is 329 g/mol. The van der Waals surface area contributed by atoms with Gasteiger partial charge in [-0.15, -0.1) is 0 Å².